The summed E-state index contributed by atoms with van der Waals surface area (Å²) in [6.45, 7) is 0. The van der Waals surface area contributed by atoms with Gasteiger partial charge in [0, 0.05) is 16.7 Å². The average molecular weight is 305 g/mol. The predicted octanol–water partition coefficient (Wildman–Crippen LogP) is 1.50. The summed E-state index contributed by atoms with van der Waals surface area (Å²) in [4.78, 5) is 0. The van der Waals surface area contributed by atoms with E-state index < -0.39 is 0 Å². The highest BCUT2D eigenvalue weighted by Crippen LogP contribution is 2.22. The molecule has 0 unspecified atom stereocenters. The molecule has 0 radical (unpaired) electrons. The van der Waals surface area contributed by atoms with E-state index >= 15 is 0 Å². The van der Waals surface area contributed by atoms with Crippen LogP contribution in [0.1, 0.15) is 11.1 Å². The topological polar surface area (TPSA) is 130 Å². The minimum absolute atomic E-state index is 0.0233. The summed E-state index contributed by atoms with van der Waals surface area (Å²) in [5, 5.41) is 22.9. The highest BCUT2D eigenvalue weighted by Gasteiger charge is 2.09. The normalized spacial score (nSPS) is 10.4. The molecule has 3 rings (SSSR count). The summed E-state index contributed by atoms with van der Waals surface area (Å²) in [7, 11) is 0. The van der Waals surface area contributed by atoms with E-state index in [4.69, 9.17) is 22.3 Å². The molecule has 0 aliphatic carbocycles. The summed E-state index contributed by atoms with van der Waals surface area (Å²) >= 11 is 0. The molecule has 0 bridgehead atoms. The first-order valence-electron chi connectivity index (χ1n) is 6.86. The second-order valence-electron chi connectivity index (χ2n) is 4.98. The number of amidine groups is 2. The Balaban J connectivity index is 1.98. The lowest BCUT2D eigenvalue weighted by Crippen LogP contribution is -2.11. The molecule has 0 atom stereocenters. The molecule has 0 aliphatic rings. The zero-order chi connectivity index (χ0) is 16.4. The number of nitrogens with one attached hydrogen (secondary N) is 2. The number of nitrogens with zero attached hydrogens (tertiary/aromatic N) is 3. The number of nitrogens with two attached hydrogens (primary N) is 2. The third kappa shape index (κ3) is 2.80. The van der Waals surface area contributed by atoms with Crippen molar-refractivity contribution in [3.05, 3.63) is 65.9 Å². The fraction of sp³-hybridized carbons (Fsp3) is 0. The van der Waals surface area contributed by atoms with Gasteiger partial charge in [-0.25, -0.2) is 4.68 Å². The van der Waals surface area contributed by atoms with Crippen LogP contribution in [-0.2, 0) is 0 Å². The van der Waals surface area contributed by atoms with Gasteiger partial charge in [0.2, 0.25) is 0 Å². The average Bonchev–Trinajstić information content (AvgIpc) is 3.04. The molecule has 7 nitrogen and oxygen atoms in total. The van der Waals surface area contributed by atoms with Gasteiger partial charge in [0.05, 0.1) is 17.6 Å². The first-order valence-corrected chi connectivity index (χ1v) is 6.86. The first-order chi connectivity index (χ1) is 11.1. The summed E-state index contributed by atoms with van der Waals surface area (Å²) in [6.07, 6.45) is 1.67. The quantitative estimate of drug-likeness (QED) is 0.429. The van der Waals surface area contributed by atoms with Crippen molar-refractivity contribution in [3.8, 4) is 16.9 Å². The van der Waals surface area contributed by atoms with Crippen LogP contribution < -0.4 is 11.5 Å². The van der Waals surface area contributed by atoms with Crippen molar-refractivity contribution in [2.45, 2.75) is 0 Å². The van der Waals surface area contributed by atoms with Crippen molar-refractivity contribution in [3.63, 3.8) is 0 Å². The van der Waals surface area contributed by atoms with E-state index in [1.165, 1.54) is 0 Å². The highest BCUT2D eigenvalue weighted by atomic mass is 15.4. The molecular weight excluding hydrogens is 290 g/mol. The van der Waals surface area contributed by atoms with Crippen molar-refractivity contribution < 1.29 is 0 Å². The number of nitrogen functional groups attached to an aromatic ring is 2. The molecule has 1 aromatic heterocycles. The standard InChI is InChI=1S/C16H15N7/c17-15(18)11-3-1-10(2-4-11)14-9-21-22-23(14)13-7-5-12(6-8-13)16(19)20/h1-9H,(H3,17,18)(H3,19,20). The Morgan fingerprint density at radius 3 is 1.87 bits per heavy atom. The van der Waals surface area contributed by atoms with Gasteiger partial charge < -0.3 is 11.5 Å². The summed E-state index contributed by atoms with van der Waals surface area (Å²) in [5.74, 6) is 0.0539. The number of benzene rings is 2. The summed E-state index contributed by atoms with van der Waals surface area (Å²) < 4.78 is 1.70. The predicted molar refractivity (Wildman–Crippen MR) is 88.8 cm³/mol. The Morgan fingerprint density at radius 1 is 0.826 bits per heavy atom. The number of hydrogen-bond acceptors (Lipinski definition) is 4. The van der Waals surface area contributed by atoms with Crippen molar-refractivity contribution in [2.75, 3.05) is 0 Å². The molecule has 7 heteroatoms. The molecule has 0 aliphatic heterocycles. The number of hydrogen-bond donors (Lipinski definition) is 4. The Kier molecular flexibility index (Phi) is 3.60. The second kappa shape index (κ2) is 5.72. The van der Waals surface area contributed by atoms with Crippen LogP contribution in [0.15, 0.2) is 54.7 Å². The van der Waals surface area contributed by atoms with Crippen LogP contribution in [0.5, 0.6) is 0 Å². The van der Waals surface area contributed by atoms with Crippen molar-refractivity contribution in [1.29, 1.82) is 10.8 Å². The van der Waals surface area contributed by atoms with Gasteiger partial charge in [-0.15, -0.1) is 5.10 Å². The van der Waals surface area contributed by atoms with E-state index in [2.05, 4.69) is 10.3 Å². The van der Waals surface area contributed by atoms with Crippen LogP contribution >= 0.6 is 0 Å². The van der Waals surface area contributed by atoms with Gasteiger partial charge in [0.15, 0.2) is 0 Å². The van der Waals surface area contributed by atoms with Gasteiger partial charge in [0.1, 0.15) is 11.7 Å². The maximum Gasteiger partial charge on any atom is 0.122 e. The fourth-order valence-corrected chi connectivity index (χ4v) is 2.23. The van der Waals surface area contributed by atoms with Crippen molar-refractivity contribution in [1.82, 2.24) is 15.0 Å². The summed E-state index contributed by atoms with van der Waals surface area (Å²) in [6, 6.07) is 14.5. The lowest BCUT2D eigenvalue weighted by atomic mass is 10.1. The second-order valence-corrected chi connectivity index (χ2v) is 4.98. The van der Waals surface area contributed by atoms with Crippen molar-refractivity contribution >= 4 is 11.7 Å². The zero-order valence-electron chi connectivity index (χ0n) is 12.2. The maximum atomic E-state index is 7.43. The molecule has 0 fully saturated rings. The highest BCUT2D eigenvalue weighted by molar-refractivity contribution is 5.95. The number of aromatic nitrogens is 3. The molecule has 114 valence electrons. The fourth-order valence-electron chi connectivity index (χ4n) is 2.23. The van der Waals surface area contributed by atoms with Crippen molar-refractivity contribution in [2.24, 2.45) is 11.5 Å². The Bertz CT molecular complexity index is 788. The van der Waals surface area contributed by atoms with Crippen LogP contribution in [0, 0.1) is 10.8 Å². The number of rotatable bonds is 4. The smallest absolute Gasteiger partial charge is 0.122 e. The molecule has 1 heterocycles. The minimum atomic E-state index is 0.0233. The van der Waals surface area contributed by atoms with Crippen LogP contribution in [-0.4, -0.2) is 26.7 Å². The van der Waals surface area contributed by atoms with Crippen LogP contribution in [0.25, 0.3) is 16.9 Å². The van der Waals surface area contributed by atoms with E-state index in [0.29, 0.717) is 11.1 Å². The molecule has 0 saturated carbocycles. The molecule has 0 spiro atoms. The third-order valence-electron chi connectivity index (χ3n) is 3.46. The third-order valence-corrected chi connectivity index (χ3v) is 3.46. The lowest BCUT2D eigenvalue weighted by Gasteiger charge is -2.08. The molecule has 0 saturated heterocycles. The van der Waals surface area contributed by atoms with Crippen LogP contribution in [0.2, 0.25) is 0 Å². The molecule has 0 amide bonds. The largest absolute Gasteiger partial charge is 0.384 e. The van der Waals surface area contributed by atoms with Gasteiger partial charge in [0.25, 0.3) is 0 Å². The molecule has 3 aromatic rings. The van der Waals surface area contributed by atoms with Gasteiger partial charge in [-0.1, -0.05) is 29.5 Å². The molecule has 23 heavy (non-hydrogen) atoms. The van der Waals surface area contributed by atoms with E-state index in [9.17, 15) is 0 Å². The van der Waals surface area contributed by atoms with Gasteiger partial charge in [-0.3, -0.25) is 10.8 Å². The summed E-state index contributed by atoms with van der Waals surface area (Å²) in [5.41, 5.74) is 14.8. The monoisotopic (exact) mass is 305 g/mol. The Hall–Kier alpha value is -3.48. The SMILES string of the molecule is N=C(N)c1ccc(-c2cnnn2-c2ccc(C(=N)N)cc2)cc1. The lowest BCUT2D eigenvalue weighted by molar-refractivity contribution is 0.808. The van der Waals surface area contributed by atoms with Gasteiger partial charge in [-0.05, 0) is 24.3 Å². The maximum absolute atomic E-state index is 7.43. The van der Waals surface area contributed by atoms with Gasteiger partial charge in [-0.2, -0.15) is 0 Å². The van der Waals surface area contributed by atoms with Crippen LogP contribution in [0.3, 0.4) is 0 Å². The van der Waals surface area contributed by atoms with E-state index in [0.717, 1.165) is 16.9 Å². The molecular formula is C16H15N7. The molecule has 6 N–H and O–H groups in total. The van der Waals surface area contributed by atoms with E-state index in [-0.39, 0.29) is 11.7 Å². The minimum Gasteiger partial charge on any atom is -0.384 e. The van der Waals surface area contributed by atoms with E-state index in [1.807, 2.05) is 24.3 Å². The van der Waals surface area contributed by atoms with E-state index in [1.54, 1.807) is 35.1 Å². The van der Waals surface area contributed by atoms with Crippen LogP contribution in [0.4, 0.5) is 0 Å². The van der Waals surface area contributed by atoms with Gasteiger partial charge >= 0.3 is 0 Å². The Morgan fingerprint density at radius 2 is 1.35 bits per heavy atom. The first kappa shape index (κ1) is 14.5. The Labute approximate surface area is 132 Å². The molecule has 2 aromatic carbocycles. The zero-order valence-corrected chi connectivity index (χ0v) is 12.2.